The molecule has 6 heteroatoms. The van der Waals surface area contributed by atoms with Crippen molar-refractivity contribution in [2.75, 3.05) is 5.32 Å². The van der Waals surface area contributed by atoms with Crippen LogP contribution in [0.3, 0.4) is 0 Å². The summed E-state index contributed by atoms with van der Waals surface area (Å²) < 4.78 is 29.2. The van der Waals surface area contributed by atoms with Crippen LogP contribution in [-0.2, 0) is 13.2 Å². The molecule has 0 bridgehead atoms. The Morgan fingerprint density at radius 3 is 2.71 bits per heavy atom. The molecule has 3 nitrogen and oxygen atoms in total. The summed E-state index contributed by atoms with van der Waals surface area (Å²) in [6.45, 7) is -2.67. The van der Waals surface area contributed by atoms with E-state index in [2.05, 4.69) is 10.1 Å². The number of alkyl halides is 2. The number of aliphatic hydroxyl groups is 1. The fourth-order valence-electron chi connectivity index (χ4n) is 1.87. The summed E-state index contributed by atoms with van der Waals surface area (Å²) in [4.78, 5) is 0. The van der Waals surface area contributed by atoms with Crippen molar-refractivity contribution in [2.45, 2.75) is 19.8 Å². The highest BCUT2D eigenvalue weighted by Gasteiger charge is 2.10. The Morgan fingerprint density at radius 2 is 2.00 bits per heavy atom. The maximum absolute atomic E-state index is 12.4. The molecule has 0 aliphatic rings. The lowest BCUT2D eigenvalue weighted by Gasteiger charge is -2.13. The lowest BCUT2D eigenvalue weighted by molar-refractivity contribution is -0.0504. The van der Waals surface area contributed by atoms with Gasteiger partial charge in [-0.2, -0.15) is 8.78 Å². The molecule has 0 unspecified atom stereocenters. The SMILES string of the molecule is OCc1cccc(NCc2cc(Cl)ccc2OC(F)F)c1. The zero-order valence-electron chi connectivity index (χ0n) is 11.0. The zero-order valence-corrected chi connectivity index (χ0v) is 11.8. The molecule has 2 rings (SSSR count). The fourth-order valence-corrected chi connectivity index (χ4v) is 2.07. The van der Waals surface area contributed by atoms with Gasteiger partial charge >= 0.3 is 6.61 Å². The van der Waals surface area contributed by atoms with Crippen LogP contribution in [0.15, 0.2) is 42.5 Å². The molecule has 2 aromatic carbocycles. The minimum absolute atomic E-state index is 0.0631. The molecule has 0 saturated heterocycles. The topological polar surface area (TPSA) is 41.5 Å². The number of halogens is 3. The molecule has 21 heavy (non-hydrogen) atoms. The first-order chi connectivity index (χ1) is 10.1. The highest BCUT2D eigenvalue weighted by atomic mass is 35.5. The Balaban J connectivity index is 2.12. The van der Waals surface area contributed by atoms with Crippen molar-refractivity contribution >= 4 is 17.3 Å². The van der Waals surface area contributed by atoms with Gasteiger partial charge in [0, 0.05) is 22.8 Å². The van der Waals surface area contributed by atoms with Gasteiger partial charge in [-0.1, -0.05) is 23.7 Å². The zero-order chi connectivity index (χ0) is 15.2. The first-order valence-corrected chi connectivity index (χ1v) is 6.63. The molecule has 2 aromatic rings. The van der Waals surface area contributed by atoms with E-state index in [0.29, 0.717) is 10.6 Å². The summed E-state index contributed by atoms with van der Waals surface area (Å²) in [6.07, 6.45) is 0. The second kappa shape index (κ2) is 7.24. The summed E-state index contributed by atoms with van der Waals surface area (Å²) in [5.74, 6) is 0.0835. The molecule has 2 N–H and O–H groups in total. The number of ether oxygens (including phenoxy) is 1. The van der Waals surface area contributed by atoms with Gasteiger partial charge in [0.2, 0.25) is 0 Å². The maximum Gasteiger partial charge on any atom is 0.387 e. The number of hydrogen-bond donors (Lipinski definition) is 2. The quantitative estimate of drug-likeness (QED) is 0.845. The maximum atomic E-state index is 12.4. The van der Waals surface area contributed by atoms with Gasteiger partial charge in [-0.05, 0) is 35.9 Å². The van der Waals surface area contributed by atoms with Gasteiger partial charge in [0.25, 0.3) is 0 Å². The van der Waals surface area contributed by atoms with Gasteiger partial charge in [-0.3, -0.25) is 0 Å². The molecule has 0 saturated carbocycles. The minimum atomic E-state index is -2.89. The third-order valence-corrected chi connectivity index (χ3v) is 3.07. The van der Waals surface area contributed by atoms with Crippen molar-refractivity contribution in [2.24, 2.45) is 0 Å². The molecule has 0 aromatic heterocycles. The molecule has 0 heterocycles. The van der Waals surface area contributed by atoms with Crippen LogP contribution in [0, 0.1) is 0 Å². The summed E-state index contributed by atoms with van der Waals surface area (Å²) in [6, 6.07) is 11.7. The van der Waals surface area contributed by atoms with Crippen LogP contribution in [0.1, 0.15) is 11.1 Å². The number of benzene rings is 2. The van der Waals surface area contributed by atoms with E-state index in [0.717, 1.165) is 11.3 Å². The van der Waals surface area contributed by atoms with Crippen LogP contribution in [0.2, 0.25) is 5.02 Å². The van der Waals surface area contributed by atoms with Gasteiger partial charge in [-0.15, -0.1) is 0 Å². The lowest BCUT2D eigenvalue weighted by atomic mass is 10.1. The number of nitrogens with one attached hydrogen (secondary N) is 1. The van der Waals surface area contributed by atoms with E-state index in [1.165, 1.54) is 12.1 Å². The Kier molecular flexibility index (Phi) is 5.36. The van der Waals surface area contributed by atoms with Crippen LogP contribution in [0.25, 0.3) is 0 Å². The van der Waals surface area contributed by atoms with Gasteiger partial charge < -0.3 is 15.2 Å². The van der Waals surface area contributed by atoms with Crippen LogP contribution >= 0.6 is 11.6 Å². The third-order valence-electron chi connectivity index (χ3n) is 2.83. The second-order valence-corrected chi connectivity index (χ2v) is 4.78. The molecular weight excluding hydrogens is 300 g/mol. The molecule has 0 aliphatic carbocycles. The minimum Gasteiger partial charge on any atom is -0.434 e. The van der Waals surface area contributed by atoms with Crippen molar-refractivity contribution < 1.29 is 18.6 Å². The van der Waals surface area contributed by atoms with Crippen LogP contribution in [0.4, 0.5) is 14.5 Å². The Labute approximate surface area is 126 Å². The van der Waals surface area contributed by atoms with E-state index in [9.17, 15) is 8.78 Å². The molecule has 112 valence electrons. The summed E-state index contributed by atoms with van der Waals surface area (Å²) in [7, 11) is 0. The average molecular weight is 314 g/mol. The van der Waals surface area contributed by atoms with Gasteiger partial charge in [-0.25, -0.2) is 0 Å². The normalized spacial score (nSPS) is 10.7. The highest BCUT2D eigenvalue weighted by molar-refractivity contribution is 6.30. The first kappa shape index (κ1) is 15.5. The van der Waals surface area contributed by atoms with Crippen molar-refractivity contribution in [1.29, 1.82) is 0 Å². The highest BCUT2D eigenvalue weighted by Crippen LogP contribution is 2.25. The number of hydrogen-bond acceptors (Lipinski definition) is 3. The Hall–Kier alpha value is -1.85. The standard InChI is InChI=1S/C15H14ClF2NO2/c16-12-4-5-14(21-15(17)18)11(7-12)8-19-13-3-1-2-10(6-13)9-20/h1-7,15,19-20H,8-9H2. The van der Waals surface area contributed by atoms with Crippen molar-refractivity contribution in [3.8, 4) is 5.75 Å². The number of anilines is 1. The van der Waals surface area contributed by atoms with E-state index >= 15 is 0 Å². The summed E-state index contributed by atoms with van der Waals surface area (Å²) in [5, 5.41) is 12.6. The molecule has 0 spiro atoms. The largest absolute Gasteiger partial charge is 0.434 e. The summed E-state index contributed by atoms with van der Waals surface area (Å²) >= 11 is 5.88. The molecule has 0 radical (unpaired) electrons. The predicted molar refractivity (Wildman–Crippen MR) is 77.8 cm³/mol. The number of aliphatic hydroxyl groups excluding tert-OH is 1. The molecule has 0 aliphatic heterocycles. The van der Waals surface area contributed by atoms with E-state index in [4.69, 9.17) is 16.7 Å². The second-order valence-electron chi connectivity index (χ2n) is 4.34. The molecule has 0 atom stereocenters. The number of rotatable bonds is 6. The van der Waals surface area contributed by atoms with Crippen molar-refractivity contribution in [3.63, 3.8) is 0 Å². The Bertz CT molecular complexity index is 608. The van der Waals surface area contributed by atoms with Crippen LogP contribution in [-0.4, -0.2) is 11.7 Å². The van der Waals surface area contributed by atoms with E-state index < -0.39 is 6.61 Å². The van der Waals surface area contributed by atoms with Crippen molar-refractivity contribution in [1.82, 2.24) is 0 Å². The van der Waals surface area contributed by atoms with E-state index in [-0.39, 0.29) is 18.9 Å². The average Bonchev–Trinajstić information content (AvgIpc) is 2.47. The van der Waals surface area contributed by atoms with Gasteiger partial charge in [0.1, 0.15) is 5.75 Å². The first-order valence-electron chi connectivity index (χ1n) is 6.25. The molecule has 0 fully saturated rings. The van der Waals surface area contributed by atoms with E-state index in [1.807, 2.05) is 6.07 Å². The van der Waals surface area contributed by atoms with Crippen molar-refractivity contribution in [3.05, 3.63) is 58.6 Å². The summed E-state index contributed by atoms with van der Waals surface area (Å²) in [5.41, 5.74) is 2.05. The third kappa shape index (κ3) is 4.58. The Morgan fingerprint density at radius 1 is 1.19 bits per heavy atom. The molecular formula is C15H14ClF2NO2. The van der Waals surface area contributed by atoms with Gasteiger partial charge in [0.15, 0.2) is 0 Å². The monoisotopic (exact) mass is 313 g/mol. The lowest BCUT2D eigenvalue weighted by Crippen LogP contribution is -2.07. The van der Waals surface area contributed by atoms with E-state index in [1.54, 1.807) is 24.3 Å². The van der Waals surface area contributed by atoms with Crippen LogP contribution < -0.4 is 10.1 Å². The van der Waals surface area contributed by atoms with Gasteiger partial charge in [0.05, 0.1) is 6.61 Å². The van der Waals surface area contributed by atoms with Crippen LogP contribution in [0.5, 0.6) is 5.75 Å². The smallest absolute Gasteiger partial charge is 0.387 e. The molecule has 0 amide bonds. The fraction of sp³-hybridized carbons (Fsp3) is 0.200. The predicted octanol–water partition coefficient (Wildman–Crippen LogP) is 4.05.